The van der Waals surface area contributed by atoms with Gasteiger partial charge in [-0.05, 0) is 44.5 Å². The molecule has 1 aromatic carbocycles. The summed E-state index contributed by atoms with van der Waals surface area (Å²) in [5, 5.41) is 3.29. The molecule has 152 valence electrons. The molecule has 1 fully saturated rings. The molecule has 2 rings (SSSR count). The van der Waals surface area contributed by atoms with Gasteiger partial charge in [0.15, 0.2) is 0 Å². The van der Waals surface area contributed by atoms with Crippen LogP contribution < -0.4 is 9.62 Å². The van der Waals surface area contributed by atoms with E-state index in [2.05, 4.69) is 10.2 Å². The van der Waals surface area contributed by atoms with E-state index in [0.29, 0.717) is 17.3 Å². The number of aryl methyl sites for hydroxylation is 1. The van der Waals surface area contributed by atoms with E-state index in [-0.39, 0.29) is 5.91 Å². The van der Waals surface area contributed by atoms with Crippen LogP contribution in [0.1, 0.15) is 18.9 Å². The fraction of sp³-hybridized carbons (Fsp3) is 0.611. The van der Waals surface area contributed by atoms with E-state index < -0.39 is 16.1 Å². The third-order valence-electron chi connectivity index (χ3n) is 4.55. The average molecular weight is 418 g/mol. The number of carbonyl (C=O) groups is 1. The quantitative estimate of drug-likeness (QED) is 0.650. The van der Waals surface area contributed by atoms with Crippen LogP contribution in [0.15, 0.2) is 18.2 Å². The Bertz CT molecular complexity index is 751. The summed E-state index contributed by atoms with van der Waals surface area (Å²) < 4.78 is 31.0. The van der Waals surface area contributed by atoms with Crippen molar-refractivity contribution in [2.24, 2.45) is 0 Å². The highest BCUT2D eigenvalue weighted by Crippen LogP contribution is 2.26. The van der Waals surface area contributed by atoms with Crippen LogP contribution in [0, 0.1) is 6.92 Å². The fourth-order valence-electron chi connectivity index (χ4n) is 3.01. The van der Waals surface area contributed by atoms with Crippen LogP contribution in [-0.4, -0.2) is 70.9 Å². The van der Waals surface area contributed by atoms with Crippen LogP contribution in [0.2, 0.25) is 5.02 Å². The number of rotatable bonds is 8. The third kappa shape index (κ3) is 6.34. The molecule has 0 saturated carbocycles. The number of morpholine rings is 1. The van der Waals surface area contributed by atoms with Crippen LogP contribution in [0.3, 0.4) is 0 Å². The lowest BCUT2D eigenvalue weighted by atomic mass is 10.2. The Labute approximate surface area is 166 Å². The van der Waals surface area contributed by atoms with Crippen molar-refractivity contribution in [3.63, 3.8) is 0 Å². The Morgan fingerprint density at radius 1 is 1.37 bits per heavy atom. The molecule has 1 aromatic rings. The van der Waals surface area contributed by atoms with Crippen LogP contribution in [-0.2, 0) is 19.6 Å². The molecule has 0 aliphatic carbocycles. The number of amides is 1. The highest BCUT2D eigenvalue weighted by atomic mass is 35.5. The molecular formula is C18H28ClN3O4S. The number of ether oxygens (including phenoxy) is 1. The highest BCUT2D eigenvalue weighted by molar-refractivity contribution is 7.92. The van der Waals surface area contributed by atoms with E-state index in [4.69, 9.17) is 16.3 Å². The second-order valence-electron chi connectivity index (χ2n) is 6.77. The van der Waals surface area contributed by atoms with Crippen LogP contribution in [0.25, 0.3) is 0 Å². The molecule has 27 heavy (non-hydrogen) atoms. The SMILES string of the molecule is Cc1ccc(N([C@@H](C)C(=O)NCCCN2CCOCC2)S(C)(=O)=O)cc1Cl. The first-order valence-corrected chi connectivity index (χ1v) is 11.3. The highest BCUT2D eigenvalue weighted by Gasteiger charge is 2.29. The molecule has 1 atom stereocenters. The van der Waals surface area contributed by atoms with Crippen molar-refractivity contribution in [2.45, 2.75) is 26.3 Å². The summed E-state index contributed by atoms with van der Waals surface area (Å²) >= 11 is 6.13. The maximum Gasteiger partial charge on any atom is 0.243 e. The van der Waals surface area contributed by atoms with E-state index in [0.717, 1.165) is 55.4 Å². The van der Waals surface area contributed by atoms with Gasteiger partial charge in [0.05, 0.1) is 25.2 Å². The molecule has 0 unspecified atom stereocenters. The summed E-state index contributed by atoms with van der Waals surface area (Å²) in [5.74, 6) is -0.334. The largest absolute Gasteiger partial charge is 0.379 e. The molecule has 1 heterocycles. The number of anilines is 1. The Kier molecular flexibility index (Phi) is 7.91. The van der Waals surface area contributed by atoms with E-state index in [9.17, 15) is 13.2 Å². The van der Waals surface area contributed by atoms with Gasteiger partial charge in [0.25, 0.3) is 0 Å². The van der Waals surface area contributed by atoms with E-state index in [1.54, 1.807) is 25.1 Å². The molecule has 1 amide bonds. The number of hydrogen-bond donors (Lipinski definition) is 1. The van der Waals surface area contributed by atoms with Crippen molar-refractivity contribution in [3.05, 3.63) is 28.8 Å². The Morgan fingerprint density at radius 2 is 2.04 bits per heavy atom. The summed E-state index contributed by atoms with van der Waals surface area (Å²) in [6, 6.07) is 4.09. The zero-order chi connectivity index (χ0) is 20.0. The third-order valence-corrected chi connectivity index (χ3v) is 6.20. The number of nitrogens with one attached hydrogen (secondary N) is 1. The molecule has 7 nitrogen and oxygen atoms in total. The first-order valence-electron chi connectivity index (χ1n) is 9.03. The average Bonchev–Trinajstić information content (AvgIpc) is 2.61. The fourth-order valence-corrected chi connectivity index (χ4v) is 4.36. The van der Waals surface area contributed by atoms with Crippen LogP contribution >= 0.6 is 11.6 Å². The molecular weight excluding hydrogens is 390 g/mol. The molecule has 1 aliphatic rings. The predicted octanol–water partition coefficient (Wildman–Crippen LogP) is 1.64. The topological polar surface area (TPSA) is 79.0 Å². The minimum Gasteiger partial charge on any atom is -0.379 e. The lowest BCUT2D eigenvalue weighted by Crippen LogP contribution is -2.48. The predicted molar refractivity (Wildman–Crippen MR) is 108 cm³/mol. The molecule has 0 radical (unpaired) electrons. The van der Waals surface area contributed by atoms with Gasteiger partial charge in [-0.15, -0.1) is 0 Å². The van der Waals surface area contributed by atoms with Crippen molar-refractivity contribution in [2.75, 3.05) is 50.0 Å². The summed E-state index contributed by atoms with van der Waals surface area (Å²) in [4.78, 5) is 14.8. The first-order chi connectivity index (χ1) is 12.7. The first kappa shape index (κ1) is 21.9. The molecule has 0 bridgehead atoms. The molecule has 0 aromatic heterocycles. The number of benzene rings is 1. The summed E-state index contributed by atoms with van der Waals surface area (Å²) in [5.41, 5.74) is 1.22. The van der Waals surface area contributed by atoms with Crippen molar-refractivity contribution in [1.82, 2.24) is 10.2 Å². The summed E-state index contributed by atoms with van der Waals surface area (Å²) in [6.07, 6.45) is 1.89. The molecule has 9 heteroatoms. The summed E-state index contributed by atoms with van der Waals surface area (Å²) in [6.45, 7) is 8.07. The zero-order valence-electron chi connectivity index (χ0n) is 16.1. The smallest absolute Gasteiger partial charge is 0.243 e. The number of nitrogens with zero attached hydrogens (tertiary/aromatic N) is 2. The summed E-state index contributed by atoms with van der Waals surface area (Å²) in [7, 11) is -3.65. The van der Waals surface area contributed by atoms with Gasteiger partial charge in [-0.2, -0.15) is 0 Å². The molecule has 0 spiro atoms. The second-order valence-corrected chi connectivity index (χ2v) is 9.03. The minimum absolute atomic E-state index is 0.334. The molecule has 1 aliphatic heterocycles. The van der Waals surface area contributed by atoms with Gasteiger partial charge >= 0.3 is 0 Å². The van der Waals surface area contributed by atoms with Crippen molar-refractivity contribution < 1.29 is 17.9 Å². The Balaban J connectivity index is 1.96. The van der Waals surface area contributed by atoms with E-state index >= 15 is 0 Å². The van der Waals surface area contributed by atoms with Crippen molar-refractivity contribution in [1.29, 1.82) is 0 Å². The second kappa shape index (κ2) is 9.73. The van der Waals surface area contributed by atoms with E-state index in [1.807, 2.05) is 6.92 Å². The maximum absolute atomic E-state index is 12.5. The van der Waals surface area contributed by atoms with Gasteiger partial charge in [0.2, 0.25) is 15.9 Å². The molecule has 1 N–H and O–H groups in total. The van der Waals surface area contributed by atoms with Gasteiger partial charge in [0.1, 0.15) is 6.04 Å². The normalized spacial score (nSPS) is 16.7. The standard InChI is InChI=1S/C18H28ClN3O4S/c1-14-5-6-16(13-17(14)19)22(27(3,24)25)15(2)18(23)20-7-4-8-21-9-11-26-12-10-21/h5-6,13,15H,4,7-12H2,1-3H3,(H,20,23)/t15-/m0/s1. The zero-order valence-corrected chi connectivity index (χ0v) is 17.6. The van der Waals surface area contributed by atoms with Gasteiger partial charge in [-0.3, -0.25) is 14.0 Å². The van der Waals surface area contributed by atoms with Crippen molar-refractivity contribution in [3.8, 4) is 0 Å². The van der Waals surface area contributed by atoms with E-state index in [1.165, 1.54) is 0 Å². The van der Waals surface area contributed by atoms with Gasteiger partial charge in [-0.1, -0.05) is 17.7 Å². The van der Waals surface area contributed by atoms with Gasteiger partial charge in [-0.25, -0.2) is 8.42 Å². The number of hydrogen-bond acceptors (Lipinski definition) is 5. The van der Waals surface area contributed by atoms with Gasteiger partial charge in [0, 0.05) is 24.7 Å². The van der Waals surface area contributed by atoms with Crippen LogP contribution in [0.5, 0.6) is 0 Å². The monoisotopic (exact) mass is 417 g/mol. The maximum atomic E-state index is 12.5. The lowest BCUT2D eigenvalue weighted by molar-refractivity contribution is -0.121. The number of sulfonamides is 1. The minimum atomic E-state index is -3.65. The van der Waals surface area contributed by atoms with Crippen molar-refractivity contribution >= 4 is 33.2 Å². The molecule has 1 saturated heterocycles. The number of halogens is 1. The van der Waals surface area contributed by atoms with Gasteiger partial charge < -0.3 is 10.1 Å². The number of carbonyl (C=O) groups excluding carboxylic acids is 1. The van der Waals surface area contributed by atoms with Crippen LogP contribution in [0.4, 0.5) is 5.69 Å². The Morgan fingerprint density at radius 3 is 2.63 bits per heavy atom. The lowest BCUT2D eigenvalue weighted by Gasteiger charge is -2.29. The Hall–Kier alpha value is -1.35.